The minimum atomic E-state index is -0.0936. The normalized spacial score (nSPS) is 21.7. The summed E-state index contributed by atoms with van der Waals surface area (Å²) in [6.45, 7) is 5.71. The van der Waals surface area contributed by atoms with Crippen molar-refractivity contribution >= 4 is 5.91 Å². The molecule has 1 heterocycles. The van der Waals surface area contributed by atoms with Crippen LogP contribution in [0, 0.1) is 23.2 Å². The summed E-state index contributed by atoms with van der Waals surface area (Å²) >= 11 is 0. The molecule has 1 aromatic carbocycles. The molecule has 0 unspecified atom stereocenters. The number of carbonyl (C=O) groups is 1. The van der Waals surface area contributed by atoms with Crippen molar-refractivity contribution < 1.29 is 9.53 Å². The summed E-state index contributed by atoms with van der Waals surface area (Å²) < 4.78 is 5.71. The molecule has 1 amide bonds. The summed E-state index contributed by atoms with van der Waals surface area (Å²) in [5.41, 5.74) is 1.15. The number of carbonyl (C=O) groups excluding carboxylic acids is 1. The second-order valence-corrected chi connectivity index (χ2v) is 5.53. The topological polar surface area (TPSA) is 62.1 Å². The fourth-order valence-corrected chi connectivity index (χ4v) is 2.63. The third-order valence-corrected chi connectivity index (χ3v) is 3.72. The van der Waals surface area contributed by atoms with Crippen LogP contribution in [-0.2, 0) is 4.74 Å². The van der Waals surface area contributed by atoms with Crippen molar-refractivity contribution in [1.82, 2.24) is 5.32 Å². The van der Waals surface area contributed by atoms with Gasteiger partial charge in [-0.3, -0.25) is 4.79 Å². The minimum Gasteiger partial charge on any atom is -0.378 e. The zero-order chi connectivity index (χ0) is 14.5. The van der Waals surface area contributed by atoms with Crippen molar-refractivity contribution in [2.45, 2.75) is 26.4 Å². The van der Waals surface area contributed by atoms with Gasteiger partial charge in [-0.15, -0.1) is 0 Å². The summed E-state index contributed by atoms with van der Waals surface area (Å²) in [5, 5.41) is 11.7. The van der Waals surface area contributed by atoms with Gasteiger partial charge in [-0.1, -0.05) is 13.8 Å². The lowest BCUT2D eigenvalue weighted by Crippen LogP contribution is -2.34. The van der Waals surface area contributed by atoms with Gasteiger partial charge >= 0.3 is 0 Å². The molecule has 0 aliphatic carbocycles. The van der Waals surface area contributed by atoms with Crippen molar-refractivity contribution in [2.24, 2.45) is 11.8 Å². The zero-order valence-corrected chi connectivity index (χ0v) is 11.9. The van der Waals surface area contributed by atoms with Gasteiger partial charge in [0.1, 0.15) is 0 Å². The van der Waals surface area contributed by atoms with E-state index in [2.05, 4.69) is 19.2 Å². The SMILES string of the molecule is CC(C)[C@H]1OCC[C@@H]1CNC(=O)c1ccc(C#N)cc1. The molecular weight excluding hydrogens is 252 g/mol. The average molecular weight is 272 g/mol. The lowest BCUT2D eigenvalue weighted by molar-refractivity contribution is 0.0533. The lowest BCUT2D eigenvalue weighted by Gasteiger charge is -2.22. The van der Waals surface area contributed by atoms with Gasteiger partial charge in [0.2, 0.25) is 0 Å². The lowest BCUT2D eigenvalue weighted by atomic mass is 9.93. The monoisotopic (exact) mass is 272 g/mol. The van der Waals surface area contributed by atoms with Crippen LogP contribution < -0.4 is 5.32 Å². The number of benzene rings is 1. The fourth-order valence-electron chi connectivity index (χ4n) is 2.63. The van der Waals surface area contributed by atoms with Crippen molar-refractivity contribution in [1.29, 1.82) is 5.26 Å². The van der Waals surface area contributed by atoms with Gasteiger partial charge in [-0.25, -0.2) is 0 Å². The highest BCUT2D eigenvalue weighted by Gasteiger charge is 2.30. The van der Waals surface area contributed by atoms with E-state index in [-0.39, 0.29) is 12.0 Å². The summed E-state index contributed by atoms with van der Waals surface area (Å²) in [6, 6.07) is 8.71. The highest BCUT2D eigenvalue weighted by Crippen LogP contribution is 2.26. The number of nitrogens with zero attached hydrogens (tertiary/aromatic N) is 1. The quantitative estimate of drug-likeness (QED) is 0.915. The molecule has 0 aromatic heterocycles. The molecule has 0 saturated carbocycles. The molecule has 1 N–H and O–H groups in total. The summed E-state index contributed by atoms with van der Waals surface area (Å²) in [4.78, 5) is 12.0. The Kier molecular flexibility index (Phi) is 4.75. The first-order chi connectivity index (χ1) is 9.61. The van der Waals surface area contributed by atoms with E-state index in [1.54, 1.807) is 24.3 Å². The molecule has 1 saturated heterocycles. The molecule has 0 radical (unpaired) electrons. The fraction of sp³-hybridized carbons (Fsp3) is 0.500. The smallest absolute Gasteiger partial charge is 0.251 e. The Balaban J connectivity index is 1.90. The van der Waals surface area contributed by atoms with Crippen LogP contribution in [0.4, 0.5) is 0 Å². The molecule has 1 aliphatic heterocycles. The van der Waals surface area contributed by atoms with Crippen LogP contribution in [0.15, 0.2) is 24.3 Å². The van der Waals surface area contributed by atoms with E-state index in [4.69, 9.17) is 10.00 Å². The third-order valence-electron chi connectivity index (χ3n) is 3.72. The molecule has 2 atom stereocenters. The molecule has 1 aromatic rings. The van der Waals surface area contributed by atoms with Gasteiger partial charge in [0.25, 0.3) is 5.91 Å². The molecule has 20 heavy (non-hydrogen) atoms. The molecular formula is C16H20N2O2. The zero-order valence-electron chi connectivity index (χ0n) is 11.9. The van der Waals surface area contributed by atoms with E-state index in [1.807, 2.05) is 6.07 Å². The Morgan fingerprint density at radius 1 is 1.45 bits per heavy atom. The maximum absolute atomic E-state index is 12.0. The molecule has 4 heteroatoms. The Hall–Kier alpha value is -1.86. The van der Waals surface area contributed by atoms with Crippen LogP contribution in [0.3, 0.4) is 0 Å². The summed E-state index contributed by atoms with van der Waals surface area (Å²) in [7, 11) is 0. The number of hydrogen-bond donors (Lipinski definition) is 1. The minimum absolute atomic E-state index is 0.0936. The van der Waals surface area contributed by atoms with Crippen LogP contribution in [0.5, 0.6) is 0 Å². The maximum atomic E-state index is 12.0. The molecule has 106 valence electrons. The number of hydrogen-bond acceptors (Lipinski definition) is 3. The molecule has 0 spiro atoms. The largest absolute Gasteiger partial charge is 0.378 e. The standard InChI is InChI=1S/C16H20N2O2/c1-11(2)15-14(7-8-20-15)10-18-16(19)13-5-3-12(9-17)4-6-13/h3-6,11,14-15H,7-8,10H2,1-2H3,(H,18,19)/t14-,15-/m1/s1. The highest BCUT2D eigenvalue weighted by atomic mass is 16.5. The first-order valence-corrected chi connectivity index (χ1v) is 7.01. The maximum Gasteiger partial charge on any atom is 0.251 e. The highest BCUT2D eigenvalue weighted by molar-refractivity contribution is 5.94. The number of ether oxygens (including phenoxy) is 1. The van der Waals surface area contributed by atoms with Crippen molar-refractivity contribution in [3.05, 3.63) is 35.4 Å². The summed E-state index contributed by atoms with van der Waals surface area (Å²) in [5.74, 6) is 0.760. The first kappa shape index (κ1) is 14.5. The second kappa shape index (κ2) is 6.53. The van der Waals surface area contributed by atoms with E-state index in [0.29, 0.717) is 29.5 Å². The average Bonchev–Trinajstić information content (AvgIpc) is 2.93. The van der Waals surface area contributed by atoms with Crippen LogP contribution in [0.25, 0.3) is 0 Å². The molecule has 0 bridgehead atoms. The Morgan fingerprint density at radius 3 is 2.75 bits per heavy atom. The second-order valence-electron chi connectivity index (χ2n) is 5.53. The number of rotatable bonds is 4. The molecule has 1 aliphatic rings. The van der Waals surface area contributed by atoms with Crippen molar-refractivity contribution in [3.63, 3.8) is 0 Å². The molecule has 4 nitrogen and oxygen atoms in total. The van der Waals surface area contributed by atoms with E-state index >= 15 is 0 Å². The van der Waals surface area contributed by atoms with Gasteiger partial charge < -0.3 is 10.1 Å². The Labute approximate surface area is 119 Å². The van der Waals surface area contributed by atoms with Crippen molar-refractivity contribution in [2.75, 3.05) is 13.2 Å². The van der Waals surface area contributed by atoms with Crippen LogP contribution >= 0.6 is 0 Å². The number of amides is 1. The number of nitriles is 1. The van der Waals surface area contributed by atoms with Crippen LogP contribution in [0.2, 0.25) is 0 Å². The van der Waals surface area contributed by atoms with E-state index in [9.17, 15) is 4.79 Å². The van der Waals surface area contributed by atoms with Crippen LogP contribution in [-0.4, -0.2) is 25.2 Å². The van der Waals surface area contributed by atoms with Gasteiger partial charge in [0.15, 0.2) is 0 Å². The Morgan fingerprint density at radius 2 is 2.15 bits per heavy atom. The van der Waals surface area contributed by atoms with E-state index in [0.717, 1.165) is 13.0 Å². The van der Waals surface area contributed by atoms with Gasteiger partial charge in [0, 0.05) is 24.6 Å². The number of nitrogens with one attached hydrogen (secondary N) is 1. The van der Waals surface area contributed by atoms with E-state index < -0.39 is 0 Å². The first-order valence-electron chi connectivity index (χ1n) is 7.01. The summed E-state index contributed by atoms with van der Waals surface area (Å²) in [6.07, 6.45) is 1.23. The Bertz CT molecular complexity index is 502. The van der Waals surface area contributed by atoms with E-state index in [1.165, 1.54) is 0 Å². The predicted molar refractivity (Wildman–Crippen MR) is 76.2 cm³/mol. The molecule has 2 rings (SSSR count). The van der Waals surface area contributed by atoms with Gasteiger partial charge in [-0.05, 0) is 36.6 Å². The third kappa shape index (κ3) is 3.37. The van der Waals surface area contributed by atoms with Gasteiger partial charge in [-0.2, -0.15) is 5.26 Å². The van der Waals surface area contributed by atoms with Gasteiger partial charge in [0.05, 0.1) is 17.7 Å². The predicted octanol–water partition coefficient (Wildman–Crippen LogP) is 2.35. The van der Waals surface area contributed by atoms with Crippen LogP contribution in [0.1, 0.15) is 36.2 Å². The molecule has 1 fully saturated rings. The van der Waals surface area contributed by atoms with Crippen molar-refractivity contribution in [3.8, 4) is 6.07 Å².